The molecule has 23 heavy (non-hydrogen) atoms. The standard InChI is InChI=1S/C18H21NO3S/c1-12-6-5-7-15(10-12)23-13(2)18(20)19-16-11-14(21-3)8-9-17(16)22-4/h5-11,13H,1-4H3,(H,19,20). The molecule has 0 aliphatic rings. The molecule has 122 valence electrons. The van der Waals surface area contributed by atoms with Gasteiger partial charge in [0.1, 0.15) is 11.5 Å². The molecule has 2 aromatic carbocycles. The van der Waals surface area contributed by atoms with Crippen molar-refractivity contribution in [3.8, 4) is 11.5 Å². The minimum Gasteiger partial charge on any atom is -0.497 e. The van der Waals surface area contributed by atoms with Crippen LogP contribution in [0.4, 0.5) is 5.69 Å². The number of methoxy groups -OCH3 is 2. The third-order valence-electron chi connectivity index (χ3n) is 3.34. The van der Waals surface area contributed by atoms with E-state index >= 15 is 0 Å². The average molecular weight is 331 g/mol. The van der Waals surface area contributed by atoms with Gasteiger partial charge in [-0.2, -0.15) is 0 Å². The lowest BCUT2D eigenvalue weighted by Crippen LogP contribution is -2.22. The Labute approximate surface area is 141 Å². The number of nitrogens with one attached hydrogen (secondary N) is 1. The molecule has 0 fully saturated rings. The number of anilines is 1. The fourth-order valence-corrected chi connectivity index (χ4v) is 3.08. The first-order chi connectivity index (χ1) is 11.0. The second kappa shape index (κ2) is 7.92. The number of carbonyl (C=O) groups excluding carboxylic acids is 1. The van der Waals surface area contributed by atoms with E-state index in [9.17, 15) is 4.79 Å². The molecule has 0 saturated heterocycles. The normalized spacial score (nSPS) is 11.7. The number of aryl methyl sites for hydroxylation is 1. The van der Waals surface area contributed by atoms with Gasteiger partial charge in [0.15, 0.2) is 0 Å². The Morgan fingerprint density at radius 1 is 1.13 bits per heavy atom. The van der Waals surface area contributed by atoms with Gasteiger partial charge in [-0.15, -0.1) is 11.8 Å². The molecule has 1 unspecified atom stereocenters. The van der Waals surface area contributed by atoms with Crippen molar-refractivity contribution in [2.24, 2.45) is 0 Å². The van der Waals surface area contributed by atoms with Crippen LogP contribution in [0.15, 0.2) is 47.4 Å². The van der Waals surface area contributed by atoms with Crippen molar-refractivity contribution in [1.82, 2.24) is 0 Å². The molecule has 2 aromatic rings. The summed E-state index contributed by atoms with van der Waals surface area (Å²) in [7, 11) is 3.16. The summed E-state index contributed by atoms with van der Waals surface area (Å²) < 4.78 is 10.5. The van der Waals surface area contributed by atoms with E-state index in [-0.39, 0.29) is 11.2 Å². The molecule has 2 rings (SSSR count). The Morgan fingerprint density at radius 2 is 1.91 bits per heavy atom. The van der Waals surface area contributed by atoms with E-state index in [1.165, 1.54) is 17.3 Å². The lowest BCUT2D eigenvalue weighted by Gasteiger charge is -2.15. The van der Waals surface area contributed by atoms with E-state index in [0.717, 1.165) is 4.90 Å². The van der Waals surface area contributed by atoms with Crippen molar-refractivity contribution in [3.63, 3.8) is 0 Å². The number of carbonyl (C=O) groups is 1. The van der Waals surface area contributed by atoms with Gasteiger partial charge in [0, 0.05) is 11.0 Å². The predicted molar refractivity (Wildman–Crippen MR) is 94.7 cm³/mol. The number of hydrogen-bond acceptors (Lipinski definition) is 4. The van der Waals surface area contributed by atoms with Crippen molar-refractivity contribution < 1.29 is 14.3 Å². The maximum Gasteiger partial charge on any atom is 0.237 e. The van der Waals surface area contributed by atoms with Gasteiger partial charge in [0.05, 0.1) is 25.2 Å². The summed E-state index contributed by atoms with van der Waals surface area (Å²) in [6.45, 7) is 3.92. The van der Waals surface area contributed by atoms with Gasteiger partial charge in [0.25, 0.3) is 0 Å². The maximum absolute atomic E-state index is 12.4. The molecule has 1 amide bonds. The molecule has 0 aliphatic heterocycles. The Balaban J connectivity index is 2.09. The molecule has 4 nitrogen and oxygen atoms in total. The van der Waals surface area contributed by atoms with Crippen molar-refractivity contribution in [1.29, 1.82) is 0 Å². The second-order valence-corrected chi connectivity index (χ2v) is 6.55. The Bertz CT molecular complexity index is 688. The number of thioether (sulfide) groups is 1. The van der Waals surface area contributed by atoms with Crippen LogP contribution in [0.2, 0.25) is 0 Å². The molecule has 5 heteroatoms. The number of amides is 1. The zero-order valence-corrected chi connectivity index (χ0v) is 14.6. The van der Waals surface area contributed by atoms with Crippen LogP contribution in [-0.4, -0.2) is 25.4 Å². The van der Waals surface area contributed by atoms with E-state index in [1.54, 1.807) is 32.4 Å². The molecular formula is C18H21NO3S. The summed E-state index contributed by atoms with van der Waals surface area (Å²) in [4.78, 5) is 13.5. The van der Waals surface area contributed by atoms with E-state index in [4.69, 9.17) is 9.47 Å². The largest absolute Gasteiger partial charge is 0.497 e. The first-order valence-corrected chi connectivity index (χ1v) is 8.17. The molecule has 0 saturated carbocycles. The first-order valence-electron chi connectivity index (χ1n) is 7.29. The Kier molecular flexibility index (Phi) is 5.93. The predicted octanol–water partition coefficient (Wildman–Crippen LogP) is 4.13. The minimum atomic E-state index is -0.229. The highest BCUT2D eigenvalue weighted by Gasteiger charge is 2.17. The molecule has 0 bridgehead atoms. The highest BCUT2D eigenvalue weighted by Crippen LogP contribution is 2.30. The number of hydrogen-bond donors (Lipinski definition) is 1. The Hall–Kier alpha value is -2.14. The van der Waals surface area contributed by atoms with Gasteiger partial charge in [-0.25, -0.2) is 0 Å². The summed E-state index contributed by atoms with van der Waals surface area (Å²) in [5.41, 5.74) is 1.78. The number of benzene rings is 2. The van der Waals surface area contributed by atoms with Gasteiger partial charge in [0.2, 0.25) is 5.91 Å². The molecule has 0 aliphatic carbocycles. The van der Waals surface area contributed by atoms with Crippen LogP contribution in [0.5, 0.6) is 11.5 Å². The minimum absolute atomic E-state index is 0.0805. The van der Waals surface area contributed by atoms with Gasteiger partial charge in [-0.1, -0.05) is 17.7 Å². The van der Waals surface area contributed by atoms with E-state index < -0.39 is 0 Å². The molecular weight excluding hydrogens is 310 g/mol. The lowest BCUT2D eigenvalue weighted by atomic mass is 10.2. The average Bonchev–Trinajstić information content (AvgIpc) is 2.54. The van der Waals surface area contributed by atoms with Crippen molar-refractivity contribution in [3.05, 3.63) is 48.0 Å². The third-order valence-corrected chi connectivity index (χ3v) is 4.43. The van der Waals surface area contributed by atoms with Gasteiger partial charge < -0.3 is 14.8 Å². The summed E-state index contributed by atoms with van der Waals surface area (Å²) in [6, 6.07) is 13.4. The maximum atomic E-state index is 12.4. The monoisotopic (exact) mass is 331 g/mol. The smallest absolute Gasteiger partial charge is 0.237 e. The van der Waals surface area contributed by atoms with Crippen molar-refractivity contribution in [2.45, 2.75) is 24.0 Å². The van der Waals surface area contributed by atoms with E-state index in [1.807, 2.05) is 32.0 Å². The highest BCUT2D eigenvalue weighted by molar-refractivity contribution is 8.00. The fraction of sp³-hybridized carbons (Fsp3) is 0.278. The van der Waals surface area contributed by atoms with Crippen LogP contribution in [-0.2, 0) is 4.79 Å². The summed E-state index contributed by atoms with van der Waals surface area (Å²) >= 11 is 1.52. The molecule has 0 aromatic heterocycles. The van der Waals surface area contributed by atoms with E-state index in [2.05, 4.69) is 11.4 Å². The molecule has 1 atom stereocenters. The topological polar surface area (TPSA) is 47.6 Å². The molecule has 0 spiro atoms. The number of rotatable bonds is 6. The van der Waals surface area contributed by atoms with Crippen LogP contribution in [0, 0.1) is 6.92 Å². The molecule has 0 heterocycles. The zero-order chi connectivity index (χ0) is 16.8. The zero-order valence-electron chi connectivity index (χ0n) is 13.8. The first kappa shape index (κ1) is 17.2. The van der Waals surface area contributed by atoms with Gasteiger partial charge in [-0.3, -0.25) is 4.79 Å². The lowest BCUT2D eigenvalue weighted by molar-refractivity contribution is -0.115. The van der Waals surface area contributed by atoms with Gasteiger partial charge >= 0.3 is 0 Å². The highest BCUT2D eigenvalue weighted by atomic mass is 32.2. The fourth-order valence-electron chi connectivity index (χ4n) is 2.09. The van der Waals surface area contributed by atoms with Gasteiger partial charge in [-0.05, 0) is 38.1 Å². The van der Waals surface area contributed by atoms with E-state index in [0.29, 0.717) is 17.2 Å². The summed E-state index contributed by atoms with van der Waals surface area (Å²) in [6.07, 6.45) is 0. The van der Waals surface area contributed by atoms with Crippen LogP contribution in [0.3, 0.4) is 0 Å². The van der Waals surface area contributed by atoms with Crippen LogP contribution >= 0.6 is 11.8 Å². The quantitative estimate of drug-likeness (QED) is 0.809. The molecule has 1 N–H and O–H groups in total. The molecule has 0 radical (unpaired) electrons. The van der Waals surface area contributed by atoms with Crippen LogP contribution < -0.4 is 14.8 Å². The summed E-state index contributed by atoms with van der Waals surface area (Å²) in [5, 5.41) is 2.68. The van der Waals surface area contributed by atoms with Crippen molar-refractivity contribution >= 4 is 23.4 Å². The summed E-state index contributed by atoms with van der Waals surface area (Å²) in [5.74, 6) is 1.19. The third kappa shape index (κ3) is 4.66. The Morgan fingerprint density at radius 3 is 2.57 bits per heavy atom. The number of ether oxygens (including phenoxy) is 2. The van der Waals surface area contributed by atoms with Crippen LogP contribution in [0.25, 0.3) is 0 Å². The SMILES string of the molecule is COc1ccc(OC)c(NC(=O)C(C)Sc2cccc(C)c2)c1. The second-order valence-electron chi connectivity index (χ2n) is 5.13. The van der Waals surface area contributed by atoms with Crippen LogP contribution in [0.1, 0.15) is 12.5 Å². The van der Waals surface area contributed by atoms with Crippen molar-refractivity contribution in [2.75, 3.05) is 19.5 Å².